The Morgan fingerprint density at radius 1 is 1.03 bits per heavy atom. The molecule has 0 spiro atoms. The molecule has 2 heterocycles. The van der Waals surface area contributed by atoms with Crippen molar-refractivity contribution >= 4 is 17.4 Å². The predicted molar refractivity (Wildman–Crippen MR) is 120 cm³/mol. The van der Waals surface area contributed by atoms with Crippen molar-refractivity contribution in [1.82, 2.24) is 4.57 Å². The normalized spacial score (nSPS) is 12.2. The number of fused-ring (bicyclic) bond motifs is 1. The summed E-state index contributed by atoms with van der Waals surface area (Å²) in [5.74, 6) is 0.0577. The fourth-order valence-electron chi connectivity index (χ4n) is 3.75. The molecule has 0 N–H and O–H groups in total. The lowest BCUT2D eigenvalue weighted by molar-refractivity contribution is -0.385. The Labute approximate surface area is 194 Å². The van der Waals surface area contributed by atoms with Crippen molar-refractivity contribution in [3.63, 3.8) is 0 Å². The number of hydrogen-bond donors (Lipinski definition) is 0. The highest BCUT2D eigenvalue weighted by Gasteiger charge is 2.21. The Morgan fingerprint density at radius 3 is 2.53 bits per heavy atom. The Bertz CT molecular complexity index is 1260. The molecule has 176 valence electrons. The van der Waals surface area contributed by atoms with Gasteiger partial charge >= 0.3 is 11.7 Å². The standard InChI is InChI=1S/C24H22N2O8/c1-15-11-18(16(2)25(15)17-7-8-22-23(12-17)32-10-9-31-22)20(27)13-34-24(28)14-33-21-6-4-3-5-19(21)26(29)30/h3-8,11-12H,9-10,13-14H2,1-2H3. The molecule has 0 fully saturated rings. The second kappa shape index (κ2) is 9.65. The van der Waals surface area contributed by atoms with Gasteiger partial charge in [0, 0.05) is 34.8 Å². The maximum absolute atomic E-state index is 12.8. The van der Waals surface area contributed by atoms with E-state index in [-0.39, 0.29) is 17.2 Å². The number of aromatic nitrogens is 1. The summed E-state index contributed by atoms with van der Waals surface area (Å²) in [5.41, 5.74) is 2.47. The number of ketones is 1. The summed E-state index contributed by atoms with van der Waals surface area (Å²) in [7, 11) is 0. The highest BCUT2D eigenvalue weighted by Crippen LogP contribution is 2.33. The van der Waals surface area contributed by atoms with Gasteiger partial charge in [0.1, 0.15) is 13.2 Å². The van der Waals surface area contributed by atoms with Crippen LogP contribution in [0.4, 0.5) is 5.69 Å². The zero-order valence-corrected chi connectivity index (χ0v) is 18.6. The van der Waals surface area contributed by atoms with Gasteiger partial charge in [-0.1, -0.05) is 12.1 Å². The van der Waals surface area contributed by atoms with Crippen LogP contribution >= 0.6 is 0 Å². The maximum Gasteiger partial charge on any atom is 0.344 e. The molecule has 0 radical (unpaired) electrons. The van der Waals surface area contributed by atoms with E-state index in [2.05, 4.69) is 0 Å². The number of carbonyl (C=O) groups is 2. The van der Waals surface area contributed by atoms with Crippen molar-refractivity contribution in [3.8, 4) is 22.9 Å². The predicted octanol–water partition coefficient (Wildman–Crippen LogP) is 3.58. The van der Waals surface area contributed by atoms with Crippen molar-refractivity contribution < 1.29 is 33.5 Å². The van der Waals surface area contributed by atoms with Crippen LogP contribution in [0.5, 0.6) is 17.2 Å². The number of Topliss-reactive ketones (excluding diaryl/α,β-unsaturated/α-hetero) is 1. The summed E-state index contributed by atoms with van der Waals surface area (Å²) in [6.07, 6.45) is 0. The first kappa shape index (κ1) is 22.8. The summed E-state index contributed by atoms with van der Waals surface area (Å²) < 4.78 is 23.3. The number of benzene rings is 2. The molecule has 2 aromatic carbocycles. The molecule has 34 heavy (non-hydrogen) atoms. The SMILES string of the molecule is Cc1cc(C(=O)COC(=O)COc2ccccc2[N+](=O)[O-])c(C)n1-c1ccc2c(c1)OCCO2. The van der Waals surface area contributed by atoms with E-state index in [0.29, 0.717) is 36.0 Å². The monoisotopic (exact) mass is 466 g/mol. The number of ether oxygens (including phenoxy) is 4. The topological polar surface area (TPSA) is 119 Å². The van der Waals surface area contributed by atoms with Crippen LogP contribution in [0.3, 0.4) is 0 Å². The molecule has 1 aromatic heterocycles. The largest absolute Gasteiger partial charge is 0.486 e. The average molecular weight is 466 g/mol. The van der Waals surface area contributed by atoms with E-state index in [4.69, 9.17) is 18.9 Å². The number of nitrogens with zero attached hydrogens (tertiary/aromatic N) is 2. The Hall–Kier alpha value is -4.34. The van der Waals surface area contributed by atoms with Gasteiger partial charge in [-0.25, -0.2) is 4.79 Å². The molecule has 1 aliphatic rings. The first-order chi connectivity index (χ1) is 16.3. The van der Waals surface area contributed by atoms with Crippen LogP contribution in [0.15, 0.2) is 48.5 Å². The number of para-hydroxylation sites is 2. The Balaban J connectivity index is 1.40. The van der Waals surface area contributed by atoms with Crippen LogP contribution < -0.4 is 14.2 Å². The average Bonchev–Trinajstić information content (AvgIpc) is 3.14. The molecule has 0 bridgehead atoms. The molecule has 0 saturated carbocycles. The van der Waals surface area contributed by atoms with Crippen LogP contribution in [0.1, 0.15) is 21.7 Å². The molecule has 4 rings (SSSR count). The van der Waals surface area contributed by atoms with Gasteiger partial charge in [-0.15, -0.1) is 0 Å². The van der Waals surface area contributed by atoms with Crippen molar-refractivity contribution in [2.24, 2.45) is 0 Å². The van der Waals surface area contributed by atoms with Gasteiger partial charge in [-0.2, -0.15) is 0 Å². The number of rotatable bonds is 8. The minimum Gasteiger partial charge on any atom is -0.486 e. The summed E-state index contributed by atoms with van der Waals surface area (Å²) in [5, 5.41) is 11.0. The van der Waals surface area contributed by atoms with E-state index in [0.717, 1.165) is 11.4 Å². The summed E-state index contributed by atoms with van der Waals surface area (Å²) in [6.45, 7) is 3.59. The molecule has 0 saturated heterocycles. The van der Waals surface area contributed by atoms with Crippen LogP contribution in [-0.4, -0.2) is 47.7 Å². The second-order valence-electron chi connectivity index (χ2n) is 7.55. The van der Waals surface area contributed by atoms with Crippen molar-refractivity contribution in [3.05, 3.63) is 75.6 Å². The van der Waals surface area contributed by atoms with Gasteiger partial charge in [0.25, 0.3) is 0 Å². The molecule has 0 atom stereocenters. The summed E-state index contributed by atoms with van der Waals surface area (Å²) in [4.78, 5) is 35.2. The molecular formula is C24H22N2O8. The fourth-order valence-corrected chi connectivity index (χ4v) is 3.75. The zero-order chi connectivity index (χ0) is 24.2. The molecule has 10 nitrogen and oxygen atoms in total. The van der Waals surface area contributed by atoms with E-state index < -0.39 is 24.1 Å². The van der Waals surface area contributed by atoms with Crippen molar-refractivity contribution in [1.29, 1.82) is 0 Å². The number of nitro benzene ring substituents is 1. The third-order valence-electron chi connectivity index (χ3n) is 5.29. The van der Waals surface area contributed by atoms with E-state index >= 15 is 0 Å². The lowest BCUT2D eigenvalue weighted by Gasteiger charge is -2.20. The third kappa shape index (κ3) is 4.70. The number of aryl methyl sites for hydroxylation is 1. The third-order valence-corrected chi connectivity index (χ3v) is 5.29. The van der Waals surface area contributed by atoms with Gasteiger partial charge in [0.2, 0.25) is 5.78 Å². The number of hydrogen-bond acceptors (Lipinski definition) is 8. The highest BCUT2D eigenvalue weighted by molar-refractivity contribution is 5.99. The van der Waals surface area contributed by atoms with Crippen LogP contribution in [0.2, 0.25) is 0 Å². The molecular weight excluding hydrogens is 444 g/mol. The minimum absolute atomic E-state index is 0.0567. The Kier molecular flexibility index (Phi) is 6.48. The van der Waals surface area contributed by atoms with Crippen LogP contribution in [-0.2, 0) is 9.53 Å². The van der Waals surface area contributed by atoms with Gasteiger partial charge in [0.05, 0.1) is 4.92 Å². The van der Waals surface area contributed by atoms with E-state index in [1.165, 1.54) is 18.2 Å². The number of esters is 1. The molecule has 10 heteroatoms. The first-order valence-corrected chi connectivity index (χ1v) is 10.5. The van der Waals surface area contributed by atoms with Gasteiger partial charge < -0.3 is 23.5 Å². The summed E-state index contributed by atoms with van der Waals surface area (Å²) in [6, 6.07) is 13.0. The smallest absolute Gasteiger partial charge is 0.344 e. The highest BCUT2D eigenvalue weighted by atomic mass is 16.6. The van der Waals surface area contributed by atoms with Crippen LogP contribution in [0, 0.1) is 24.0 Å². The van der Waals surface area contributed by atoms with E-state index in [1.807, 2.05) is 29.7 Å². The summed E-state index contributed by atoms with van der Waals surface area (Å²) >= 11 is 0. The van der Waals surface area contributed by atoms with E-state index in [1.54, 1.807) is 19.1 Å². The number of carbonyl (C=O) groups excluding carboxylic acids is 2. The second-order valence-corrected chi connectivity index (χ2v) is 7.55. The first-order valence-electron chi connectivity index (χ1n) is 10.5. The van der Waals surface area contributed by atoms with Gasteiger partial charge in [-0.3, -0.25) is 14.9 Å². The quantitative estimate of drug-likeness (QED) is 0.214. The van der Waals surface area contributed by atoms with Gasteiger partial charge in [-0.05, 0) is 38.1 Å². The van der Waals surface area contributed by atoms with Crippen molar-refractivity contribution in [2.45, 2.75) is 13.8 Å². The fraction of sp³-hybridized carbons (Fsp3) is 0.250. The lowest BCUT2D eigenvalue weighted by Crippen LogP contribution is -2.20. The zero-order valence-electron chi connectivity index (χ0n) is 18.6. The minimum atomic E-state index is -0.813. The van der Waals surface area contributed by atoms with Crippen molar-refractivity contribution in [2.75, 3.05) is 26.4 Å². The maximum atomic E-state index is 12.8. The molecule has 0 aliphatic carbocycles. The molecule has 0 amide bonds. The van der Waals surface area contributed by atoms with E-state index in [9.17, 15) is 19.7 Å². The molecule has 0 unspecified atom stereocenters. The molecule has 1 aliphatic heterocycles. The molecule has 3 aromatic rings. The van der Waals surface area contributed by atoms with Crippen LogP contribution in [0.25, 0.3) is 5.69 Å². The lowest BCUT2D eigenvalue weighted by atomic mass is 10.1. The number of nitro groups is 1. The van der Waals surface area contributed by atoms with Gasteiger partial charge in [0.15, 0.2) is 30.5 Å². The Morgan fingerprint density at radius 2 is 1.76 bits per heavy atom.